The van der Waals surface area contributed by atoms with Gasteiger partial charge in [0.1, 0.15) is 11.6 Å². The molecule has 1 atom stereocenters. The van der Waals surface area contributed by atoms with E-state index in [4.69, 9.17) is 5.73 Å². The molecule has 12 heteroatoms. The van der Waals surface area contributed by atoms with E-state index in [0.29, 0.717) is 25.6 Å². The lowest BCUT2D eigenvalue weighted by Gasteiger charge is -2.20. The zero-order chi connectivity index (χ0) is 23.2. The Hall–Kier alpha value is -3.80. The summed E-state index contributed by atoms with van der Waals surface area (Å²) in [6.07, 6.45) is 1.49. The van der Waals surface area contributed by atoms with Gasteiger partial charge in [-0.2, -0.15) is 0 Å². The Kier molecular flexibility index (Phi) is 5.38. The van der Waals surface area contributed by atoms with Crippen LogP contribution in [0.3, 0.4) is 0 Å². The molecule has 2 aromatic heterocycles. The van der Waals surface area contributed by atoms with Gasteiger partial charge < -0.3 is 10.6 Å². The molecule has 1 aliphatic rings. The summed E-state index contributed by atoms with van der Waals surface area (Å²) in [6, 6.07) is 3.23. The Morgan fingerprint density at radius 2 is 2.00 bits per heavy atom. The molecule has 32 heavy (non-hydrogen) atoms. The van der Waals surface area contributed by atoms with Crippen LogP contribution in [0.2, 0.25) is 0 Å². The highest BCUT2D eigenvalue weighted by atomic mass is 19.1. The van der Waals surface area contributed by atoms with E-state index in [2.05, 4.69) is 4.98 Å². The van der Waals surface area contributed by atoms with Gasteiger partial charge in [-0.25, -0.2) is 18.2 Å². The first-order valence-corrected chi connectivity index (χ1v) is 9.52. The van der Waals surface area contributed by atoms with Crippen molar-refractivity contribution in [1.29, 1.82) is 0 Å². The van der Waals surface area contributed by atoms with Gasteiger partial charge in [-0.15, -0.1) is 0 Å². The maximum atomic E-state index is 14.9. The summed E-state index contributed by atoms with van der Waals surface area (Å²) in [5.41, 5.74) is 3.76. The van der Waals surface area contributed by atoms with Crippen molar-refractivity contribution in [3.05, 3.63) is 73.8 Å². The summed E-state index contributed by atoms with van der Waals surface area (Å²) in [7, 11) is 0. The topological polar surface area (TPSA) is 124 Å². The summed E-state index contributed by atoms with van der Waals surface area (Å²) in [5.74, 6) is -4.04. The highest BCUT2D eigenvalue weighted by molar-refractivity contribution is 5.99. The Morgan fingerprint density at radius 1 is 1.25 bits per heavy atom. The largest absolute Gasteiger partial charge is 0.353 e. The fraction of sp³-hybridized carbons (Fsp3) is 0.250. The van der Waals surface area contributed by atoms with E-state index in [9.17, 15) is 32.9 Å². The number of benzene rings is 1. The molecule has 1 fully saturated rings. The zero-order valence-corrected chi connectivity index (χ0v) is 16.4. The maximum absolute atomic E-state index is 14.9. The van der Waals surface area contributed by atoms with Crippen molar-refractivity contribution in [3.8, 4) is 5.69 Å². The molecule has 3 aromatic rings. The molecule has 9 nitrogen and oxygen atoms in total. The molecule has 2 N–H and O–H groups in total. The zero-order valence-electron chi connectivity index (χ0n) is 16.4. The minimum Gasteiger partial charge on any atom is -0.353 e. The van der Waals surface area contributed by atoms with Gasteiger partial charge >= 0.3 is 0 Å². The molecule has 1 saturated heterocycles. The van der Waals surface area contributed by atoms with Gasteiger partial charge in [-0.3, -0.25) is 24.3 Å². The van der Waals surface area contributed by atoms with E-state index in [1.165, 1.54) is 0 Å². The van der Waals surface area contributed by atoms with Crippen LogP contribution >= 0.6 is 0 Å². The molecule has 4 rings (SSSR count). The number of nitrogens with zero attached hydrogens (tertiary/aromatic N) is 4. The average molecular weight is 447 g/mol. The molecular formula is C20H16F3N5O4. The molecule has 1 unspecified atom stereocenters. The second-order valence-corrected chi connectivity index (χ2v) is 7.41. The minimum atomic E-state index is -1.19. The van der Waals surface area contributed by atoms with Crippen molar-refractivity contribution in [2.24, 2.45) is 5.73 Å². The van der Waals surface area contributed by atoms with Crippen LogP contribution in [-0.2, 0) is 0 Å². The number of aromatic nitrogens is 2. The lowest BCUT2D eigenvalue weighted by molar-refractivity contribution is -0.465. The average Bonchev–Trinajstić information content (AvgIpc) is 3.14. The van der Waals surface area contributed by atoms with Crippen LogP contribution in [0.25, 0.3) is 16.7 Å². The van der Waals surface area contributed by atoms with Crippen LogP contribution in [0, 0.1) is 27.6 Å². The van der Waals surface area contributed by atoms with Crippen LogP contribution < -0.4 is 16.1 Å². The molecule has 0 aliphatic carbocycles. The molecule has 0 spiro atoms. The monoisotopic (exact) mass is 447 g/mol. The predicted octanol–water partition coefficient (Wildman–Crippen LogP) is 1.80. The smallest absolute Gasteiger partial charge is 0.266 e. The second kappa shape index (κ2) is 8.04. The van der Waals surface area contributed by atoms with Gasteiger partial charge in [0.15, 0.2) is 17.3 Å². The Morgan fingerprint density at radius 3 is 2.62 bits per heavy atom. The van der Waals surface area contributed by atoms with Gasteiger partial charge in [-0.05, 0) is 24.6 Å². The number of nitrogens with two attached hydrogens (primary N) is 1. The number of ketones is 1. The van der Waals surface area contributed by atoms with E-state index in [1.54, 1.807) is 4.90 Å². The lowest BCUT2D eigenvalue weighted by atomic mass is 10.1. The molecule has 1 aromatic carbocycles. The third-order valence-electron chi connectivity index (χ3n) is 5.18. The Bertz CT molecular complexity index is 1330. The van der Waals surface area contributed by atoms with Crippen LogP contribution in [0.4, 0.5) is 19.0 Å². The van der Waals surface area contributed by atoms with Crippen molar-refractivity contribution in [2.75, 3.05) is 24.5 Å². The van der Waals surface area contributed by atoms with Crippen molar-refractivity contribution < 1.29 is 22.9 Å². The molecular weight excluding hydrogens is 431 g/mol. The molecule has 166 valence electrons. The summed E-state index contributed by atoms with van der Waals surface area (Å²) in [6.45, 7) is -0.471. The third kappa shape index (κ3) is 3.80. The predicted molar refractivity (Wildman–Crippen MR) is 108 cm³/mol. The number of rotatable bonds is 5. The van der Waals surface area contributed by atoms with E-state index in [0.717, 1.165) is 29.0 Å². The first-order valence-electron chi connectivity index (χ1n) is 9.52. The van der Waals surface area contributed by atoms with E-state index >= 15 is 0 Å². The second-order valence-electron chi connectivity index (χ2n) is 7.41. The highest BCUT2D eigenvalue weighted by Crippen LogP contribution is 2.27. The van der Waals surface area contributed by atoms with Crippen molar-refractivity contribution >= 4 is 22.6 Å². The number of fused-ring (bicyclic) bond motifs is 1. The van der Waals surface area contributed by atoms with Crippen molar-refractivity contribution in [2.45, 2.75) is 12.5 Å². The molecule has 0 radical (unpaired) electrons. The molecule has 0 saturated carbocycles. The van der Waals surface area contributed by atoms with Crippen LogP contribution in [0.1, 0.15) is 16.8 Å². The maximum Gasteiger partial charge on any atom is 0.266 e. The first-order chi connectivity index (χ1) is 15.2. The first kappa shape index (κ1) is 21.4. The summed E-state index contributed by atoms with van der Waals surface area (Å²) in [5, 5.41) is 10.4. The number of halogens is 3. The number of pyridine rings is 2. The SMILES string of the molecule is NC1CCN(c2nc3c(cc2F)c(=O)c(C(=O)C[N+](=O)[O-])cn3-c2ccc(F)cc2F)C1. The van der Waals surface area contributed by atoms with Crippen molar-refractivity contribution in [3.63, 3.8) is 0 Å². The Labute approximate surface area is 178 Å². The van der Waals surface area contributed by atoms with Crippen LogP contribution in [0.5, 0.6) is 0 Å². The van der Waals surface area contributed by atoms with Crippen LogP contribution in [0.15, 0.2) is 35.3 Å². The number of Topliss-reactive ketones (excluding diaryl/α,β-unsaturated/α-hetero) is 1. The normalized spacial score (nSPS) is 16.0. The standard InChI is InChI=1S/C20H16F3N5O4/c21-10-1-2-16(14(22)5-10)27-8-13(17(29)9-28(31)32)18(30)12-6-15(23)20(25-19(12)27)26-4-3-11(24)7-26/h1-2,5-6,8,11H,3-4,7,9,24H2. The molecule has 3 heterocycles. The third-order valence-corrected chi connectivity index (χ3v) is 5.18. The molecule has 0 bridgehead atoms. The summed E-state index contributed by atoms with van der Waals surface area (Å²) < 4.78 is 43.9. The van der Waals surface area contributed by atoms with Gasteiger partial charge in [0.25, 0.3) is 6.54 Å². The van der Waals surface area contributed by atoms with Crippen LogP contribution in [-0.4, -0.2) is 45.9 Å². The number of carbonyl (C=O) groups is 1. The van der Waals surface area contributed by atoms with Gasteiger partial charge in [0.05, 0.1) is 16.6 Å². The number of nitro groups is 1. The molecule has 0 amide bonds. The fourth-order valence-electron chi connectivity index (χ4n) is 3.68. The van der Waals surface area contributed by atoms with Crippen molar-refractivity contribution in [1.82, 2.24) is 9.55 Å². The number of hydrogen-bond acceptors (Lipinski definition) is 7. The van der Waals surface area contributed by atoms with E-state index < -0.39 is 45.7 Å². The van der Waals surface area contributed by atoms with Gasteiger partial charge in [-0.1, -0.05) is 0 Å². The number of carbonyl (C=O) groups excluding carboxylic acids is 1. The van der Waals surface area contributed by atoms with Gasteiger partial charge in [0.2, 0.25) is 11.2 Å². The van der Waals surface area contributed by atoms with E-state index in [-0.39, 0.29) is 28.6 Å². The number of anilines is 1. The summed E-state index contributed by atoms with van der Waals surface area (Å²) in [4.78, 5) is 40.8. The fourth-order valence-corrected chi connectivity index (χ4v) is 3.68. The molecule has 1 aliphatic heterocycles. The lowest BCUT2D eigenvalue weighted by Crippen LogP contribution is -2.28. The quantitative estimate of drug-likeness (QED) is 0.359. The highest BCUT2D eigenvalue weighted by Gasteiger charge is 2.27. The minimum absolute atomic E-state index is 0.120. The summed E-state index contributed by atoms with van der Waals surface area (Å²) >= 11 is 0. The van der Waals surface area contributed by atoms with E-state index in [1.807, 2.05) is 0 Å². The van der Waals surface area contributed by atoms with Gasteiger partial charge in [0, 0.05) is 36.3 Å². The Balaban J connectivity index is 2.02. The number of hydrogen-bond donors (Lipinski definition) is 1.